The van der Waals surface area contributed by atoms with Gasteiger partial charge in [-0.2, -0.15) is 5.26 Å². The zero-order chi connectivity index (χ0) is 10.0. The van der Waals surface area contributed by atoms with Gasteiger partial charge in [0.1, 0.15) is 6.07 Å². The maximum atomic E-state index is 11.0. The summed E-state index contributed by atoms with van der Waals surface area (Å²) in [5, 5.41) is 8.65. The molecule has 4 heteroatoms. The highest BCUT2D eigenvalue weighted by Gasteiger charge is 2.10. The summed E-state index contributed by atoms with van der Waals surface area (Å²) in [5.74, 6) is -0.109. The van der Waals surface area contributed by atoms with Gasteiger partial charge in [0, 0.05) is 5.56 Å². The van der Waals surface area contributed by atoms with Crippen molar-refractivity contribution in [3.63, 3.8) is 0 Å². The molecule has 0 saturated carbocycles. The van der Waals surface area contributed by atoms with Gasteiger partial charge in [0.15, 0.2) is 5.78 Å². The van der Waals surface area contributed by atoms with Crippen LogP contribution in [0.3, 0.4) is 0 Å². The highest BCUT2D eigenvalue weighted by atomic mass is 79.9. The molecule has 0 bridgehead atoms. The number of ketones is 1. The van der Waals surface area contributed by atoms with E-state index in [4.69, 9.17) is 11.0 Å². The lowest BCUT2D eigenvalue weighted by Crippen LogP contribution is -2.01. The molecule has 0 aliphatic heterocycles. The Hall–Kier alpha value is -1.34. The van der Waals surface area contributed by atoms with E-state index in [0.717, 1.165) is 0 Å². The summed E-state index contributed by atoms with van der Waals surface area (Å²) < 4.78 is 0.489. The molecular formula is C9H7BrN2O. The van der Waals surface area contributed by atoms with Gasteiger partial charge in [0.2, 0.25) is 0 Å². The van der Waals surface area contributed by atoms with Crippen LogP contribution in [-0.4, -0.2) is 5.78 Å². The minimum atomic E-state index is -0.109. The van der Waals surface area contributed by atoms with Crippen LogP contribution >= 0.6 is 15.9 Å². The molecule has 0 aromatic heterocycles. The van der Waals surface area contributed by atoms with Crippen molar-refractivity contribution in [1.29, 1.82) is 5.26 Å². The number of halogens is 1. The van der Waals surface area contributed by atoms with E-state index in [1.807, 2.05) is 6.07 Å². The lowest BCUT2D eigenvalue weighted by molar-refractivity contribution is 0.101. The molecule has 66 valence electrons. The average Bonchev–Trinajstić information content (AvgIpc) is 2.09. The van der Waals surface area contributed by atoms with Crippen LogP contribution in [0.5, 0.6) is 0 Å². The molecule has 1 aromatic rings. The second kappa shape index (κ2) is 3.58. The predicted molar refractivity (Wildman–Crippen MR) is 53.3 cm³/mol. The minimum Gasteiger partial charge on any atom is -0.397 e. The van der Waals surface area contributed by atoms with Crippen LogP contribution in [0, 0.1) is 11.3 Å². The molecule has 1 rings (SSSR count). The number of nitriles is 1. The number of hydrogen-bond acceptors (Lipinski definition) is 3. The molecule has 1 aromatic carbocycles. The van der Waals surface area contributed by atoms with E-state index in [0.29, 0.717) is 21.3 Å². The highest BCUT2D eigenvalue weighted by molar-refractivity contribution is 9.10. The first-order valence-electron chi connectivity index (χ1n) is 3.57. The molecule has 0 unspecified atom stereocenters. The molecule has 3 nitrogen and oxygen atoms in total. The Morgan fingerprint density at radius 2 is 2.23 bits per heavy atom. The molecule has 0 heterocycles. The fraction of sp³-hybridized carbons (Fsp3) is 0.111. The molecule has 0 radical (unpaired) electrons. The second-order valence-corrected chi connectivity index (χ2v) is 3.35. The van der Waals surface area contributed by atoms with Crippen LogP contribution < -0.4 is 5.73 Å². The number of rotatable bonds is 1. The molecule has 0 amide bonds. The molecular weight excluding hydrogens is 232 g/mol. The lowest BCUT2D eigenvalue weighted by Gasteiger charge is -2.04. The van der Waals surface area contributed by atoms with Crippen molar-refractivity contribution in [2.75, 3.05) is 5.73 Å². The van der Waals surface area contributed by atoms with E-state index < -0.39 is 0 Å². The summed E-state index contributed by atoms with van der Waals surface area (Å²) in [6.45, 7) is 1.43. The van der Waals surface area contributed by atoms with Gasteiger partial charge < -0.3 is 5.73 Å². The largest absolute Gasteiger partial charge is 0.397 e. The van der Waals surface area contributed by atoms with Gasteiger partial charge in [-0.1, -0.05) is 0 Å². The Labute approximate surface area is 84.3 Å². The van der Waals surface area contributed by atoms with E-state index in [1.165, 1.54) is 6.92 Å². The first-order valence-corrected chi connectivity index (χ1v) is 4.36. The average molecular weight is 239 g/mol. The van der Waals surface area contributed by atoms with Crippen LogP contribution in [-0.2, 0) is 0 Å². The number of anilines is 1. The third-order valence-corrected chi connectivity index (χ3v) is 2.53. The van der Waals surface area contributed by atoms with Gasteiger partial charge in [-0.15, -0.1) is 0 Å². The summed E-state index contributed by atoms with van der Waals surface area (Å²) >= 11 is 3.16. The minimum absolute atomic E-state index is 0.109. The first kappa shape index (κ1) is 9.75. The summed E-state index contributed by atoms with van der Waals surface area (Å²) in [4.78, 5) is 11.0. The number of hydrogen-bond donors (Lipinski definition) is 1. The molecule has 13 heavy (non-hydrogen) atoms. The fourth-order valence-electron chi connectivity index (χ4n) is 0.986. The first-order chi connectivity index (χ1) is 6.07. The van der Waals surface area contributed by atoms with E-state index in [9.17, 15) is 4.79 Å². The fourth-order valence-corrected chi connectivity index (χ4v) is 1.42. The zero-order valence-electron chi connectivity index (χ0n) is 6.97. The highest BCUT2D eigenvalue weighted by Crippen LogP contribution is 2.27. The van der Waals surface area contributed by atoms with Crippen molar-refractivity contribution in [1.82, 2.24) is 0 Å². The standard InChI is InChI=1S/C9H7BrN2O/c1-5(13)7-3-2-6(4-11)8(10)9(7)12/h2-3H,12H2,1H3. The zero-order valence-corrected chi connectivity index (χ0v) is 8.55. The van der Waals surface area contributed by atoms with Crippen molar-refractivity contribution in [2.45, 2.75) is 6.92 Å². The Kier molecular flexibility index (Phi) is 2.69. The summed E-state index contributed by atoms with van der Waals surface area (Å²) in [7, 11) is 0. The number of nitrogen functional groups attached to an aromatic ring is 1. The lowest BCUT2D eigenvalue weighted by atomic mass is 10.1. The van der Waals surface area contributed by atoms with E-state index in [-0.39, 0.29) is 5.78 Å². The molecule has 0 saturated heterocycles. The van der Waals surface area contributed by atoms with Gasteiger partial charge in [0.05, 0.1) is 15.7 Å². The van der Waals surface area contributed by atoms with Crippen molar-refractivity contribution < 1.29 is 4.79 Å². The number of Topliss-reactive ketones (excluding diaryl/α,β-unsaturated/α-hetero) is 1. The Morgan fingerprint density at radius 3 is 2.69 bits per heavy atom. The van der Waals surface area contributed by atoms with E-state index in [2.05, 4.69) is 15.9 Å². The Morgan fingerprint density at radius 1 is 1.62 bits per heavy atom. The number of carbonyl (C=O) groups is 1. The number of nitrogens with two attached hydrogens (primary N) is 1. The van der Waals surface area contributed by atoms with Gasteiger partial charge in [-0.25, -0.2) is 0 Å². The summed E-state index contributed by atoms with van der Waals surface area (Å²) in [5.41, 5.74) is 6.84. The maximum absolute atomic E-state index is 11.0. The third kappa shape index (κ3) is 1.70. The second-order valence-electron chi connectivity index (χ2n) is 2.56. The van der Waals surface area contributed by atoms with Gasteiger partial charge in [-0.05, 0) is 35.0 Å². The third-order valence-electron chi connectivity index (χ3n) is 1.68. The molecule has 0 aliphatic rings. The van der Waals surface area contributed by atoms with Crippen molar-refractivity contribution in [2.24, 2.45) is 0 Å². The molecule has 2 N–H and O–H groups in total. The molecule has 0 aliphatic carbocycles. The predicted octanol–water partition coefficient (Wildman–Crippen LogP) is 2.11. The van der Waals surface area contributed by atoms with Crippen molar-refractivity contribution in [3.8, 4) is 6.07 Å². The van der Waals surface area contributed by atoms with Crippen LogP contribution in [0.15, 0.2) is 16.6 Å². The normalized spacial score (nSPS) is 9.31. The van der Waals surface area contributed by atoms with Crippen LogP contribution in [0.25, 0.3) is 0 Å². The van der Waals surface area contributed by atoms with Gasteiger partial charge in [-0.3, -0.25) is 4.79 Å². The van der Waals surface area contributed by atoms with Gasteiger partial charge >= 0.3 is 0 Å². The number of nitrogens with zero attached hydrogens (tertiary/aromatic N) is 1. The SMILES string of the molecule is CC(=O)c1ccc(C#N)c(Br)c1N. The smallest absolute Gasteiger partial charge is 0.161 e. The molecule has 0 atom stereocenters. The number of carbonyl (C=O) groups excluding carboxylic acids is 1. The van der Waals surface area contributed by atoms with Crippen molar-refractivity contribution >= 4 is 27.4 Å². The summed E-state index contributed by atoms with van der Waals surface area (Å²) in [6, 6.07) is 5.09. The monoisotopic (exact) mass is 238 g/mol. The maximum Gasteiger partial charge on any atom is 0.161 e. The summed E-state index contributed by atoms with van der Waals surface area (Å²) in [6.07, 6.45) is 0. The van der Waals surface area contributed by atoms with Crippen LogP contribution in [0.4, 0.5) is 5.69 Å². The number of benzene rings is 1. The van der Waals surface area contributed by atoms with Crippen LogP contribution in [0.2, 0.25) is 0 Å². The Bertz CT molecular complexity index is 407. The van der Waals surface area contributed by atoms with E-state index >= 15 is 0 Å². The van der Waals surface area contributed by atoms with Gasteiger partial charge in [0.25, 0.3) is 0 Å². The topological polar surface area (TPSA) is 66.9 Å². The van der Waals surface area contributed by atoms with E-state index in [1.54, 1.807) is 12.1 Å². The quantitative estimate of drug-likeness (QED) is 0.602. The van der Waals surface area contributed by atoms with Crippen molar-refractivity contribution in [3.05, 3.63) is 27.7 Å². The molecule has 0 fully saturated rings. The Balaban J connectivity index is 3.42. The molecule has 0 spiro atoms. The van der Waals surface area contributed by atoms with Crippen LogP contribution in [0.1, 0.15) is 22.8 Å².